The zero-order valence-electron chi connectivity index (χ0n) is 14.3. The van der Waals surface area contributed by atoms with E-state index >= 15 is 0 Å². The minimum atomic E-state index is 0.649. The topological polar surface area (TPSA) is 53.9 Å². The van der Waals surface area contributed by atoms with Crippen molar-refractivity contribution in [3.63, 3.8) is 0 Å². The molecule has 0 aliphatic rings. The fourth-order valence-electron chi connectivity index (χ4n) is 2.22. The van der Waals surface area contributed by atoms with Crippen LogP contribution in [0, 0.1) is 13.8 Å². The van der Waals surface area contributed by atoms with Gasteiger partial charge in [0.1, 0.15) is 10.7 Å². The first kappa shape index (κ1) is 17.0. The lowest BCUT2D eigenvalue weighted by molar-refractivity contribution is 0.425. The number of nitrogens with one attached hydrogen (secondary N) is 1. The second-order valence-corrected chi connectivity index (χ2v) is 7.84. The summed E-state index contributed by atoms with van der Waals surface area (Å²) in [4.78, 5) is 17.3. The van der Waals surface area contributed by atoms with E-state index in [9.17, 15) is 0 Å². The van der Waals surface area contributed by atoms with Crippen LogP contribution in [-0.4, -0.2) is 47.0 Å². The molecule has 0 bridgehead atoms. The minimum Gasteiger partial charge on any atom is -0.353 e. The maximum absolute atomic E-state index is 4.76. The van der Waals surface area contributed by atoms with Gasteiger partial charge in [0, 0.05) is 29.7 Å². The number of thiazole rings is 1. The monoisotopic (exact) mass is 359 g/mol. The normalized spacial score (nSPS) is 11.2. The highest BCUT2D eigenvalue weighted by atomic mass is 32.1. The van der Waals surface area contributed by atoms with Crippen molar-refractivity contribution in [1.82, 2.24) is 19.9 Å². The fourth-order valence-corrected chi connectivity index (χ4v) is 3.80. The van der Waals surface area contributed by atoms with Crippen LogP contribution in [0.15, 0.2) is 23.0 Å². The summed E-state index contributed by atoms with van der Waals surface area (Å²) in [6, 6.07) is 2.10. The van der Waals surface area contributed by atoms with E-state index in [2.05, 4.69) is 53.0 Å². The molecule has 0 aliphatic carbocycles. The molecular weight excluding hydrogens is 338 g/mol. The van der Waals surface area contributed by atoms with Gasteiger partial charge in [0.25, 0.3) is 0 Å². The van der Waals surface area contributed by atoms with E-state index in [0.717, 1.165) is 40.6 Å². The van der Waals surface area contributed by atoms with Gasteiger partial charge in [0.05, 0.1) is 5.69 Å². The van der Waals surface area contributed by atoms with Crippen molar-refractivity contribution in [2.45, 2.75) is 13.8 Å². The van der Waals surface area contributed by atoms with Gasteiger partial charge in [0.15, 0.2) is 0 Å². The van der Waals surface area contributed by atoms with Gasteiger partial charge in [-0.15, -0.1) is 11.3 Å². The summed E-state index contributed by atoms with van der Waals surface area (Å²) in [5.41, 5.74) is 4.13. The molecule has 0 saturated heterocycles. The van der Waals surface area contributed by atoms with Crippen LogP contribution >= 0.6 is 22.7 Å². The number of hydrogen-bond donors (Lipinski definition) is 1. The molecule has 3 heterocycles. The van der Waals surface area contributed by atoms with Crippen molar-refractivity contribution >= 4 is 28.6 Å². The van der Waals surface area contributed by atoms with Crippen LogP contribution in [0.2, 0.25) is 0 Å². The molecular formula is C17H21N5S2. The molecule has 1 N–H and O–H groups in total. The van der Waals surface area contributed by atoms with Crippen LogP contribution in [0.5, 0.6) is 0 Å². The third-order valence-electron chi connectivity index (χ3n) is 3.69. The van der Waals surface area contributed by atoms with Gasteiger partial charge < -0.3 is 10.2 Å². The van der Waals surface area contributed by atoms with Crippen LogP contribution in [0.3, 0.4) is 0 Å². The Balaban J connectivity index is 1.98. The van der Waals surface area contributed by atoms with Gasteiger partial charge in [-0.05, 0) is 50.3 Å². The molecule has 0 fully saturated rings. The van der Waals surface area contributed by atoms with Crippen molar-refractivity contribution in [2.75, 3.05) is 32.5 Å². The Morgan fingerprint density at radius 1 is 1.21 bits per heavy atom. The smallest absolute Gasteiger partial charge is 0.223 e. The van der Waals surface area contributed by atoms with E-state index in [0.29, 0.717) is 5.95 Å². The van der Waals surface area contributed by atoms with E-state index in [1.807, 2.05) is 13.1 Å². The summed E-state index contributed by atoms with van der Waals surface area (Å²) in [7, 11) is 4.10. The molecule has 3 aromatic rings. The highest BCUT2D eigenvalue weighted by molar-refractivity contribution is 7.15. The predicted octanol–water partition coefficient (Wildman–Crippen LogP) is 3.92. The molecule has 0 atom stereocenters. The Morgan fingerprint density at radius 3 is 2.67 bits per heavy atom. The number of anilines is 1. The van der Waals surface area contributed by atoms with Crippen LogP contribution in [0.1, 0.15) is 10.6 Å². The van der Waals surface area contributed by atoms with Gasteiger partial charge in [-0.25, -0.2) is 15.0 Å². The third kappa shape index (κ3) is 3.80. The molecule has 0 aromatic carbocycles. The molecule has 5 nitrogen and oxygen atoms in total. The SMILES string of the molecule is Cc1nc(-c2nc(NCCN(C)C)ncc2-c2ccsc2)sc1C. The lowest BCUT2D eigenvalue weighted by atomic mass is 10.1. The molecule has 3 aromatic heterocycles. The van der Waals surface area contributed by atoms with E-state index in [-0.39, 0.29) is 0 Å². The Kier molecular flexibility index (Phi) is 5.23. The number of aryl methyl sites for hydroxylation is 2. The zero-order chi connectivity index (χ0) is 17.1. The number of thiophene rings is 1. The maximum Gasteiger partial charge on any atom is 0.223 e. The average Bonchev–Trinajstić information content (AvgIpc) is 3.18. The summed E-state index contributed by atoms with van der Waals surface area (Å²) in [6.45, 7) is 5.87. The van der Waals surface area contributed by atoms with E-state index in [4.69, 9.17) is 9.97 Å². The Bertz CT molecular complexity index is 789. The number of likely N-dealkylation sites (N-methyl/N-ethyl adjacent to an activating group) is 1. The van der Waals surface area contributed by atoms with Crippen LogP contribution in [0.25, 0.3) is 21.8 Å². The number of aromatic nitrogens is 3. The molecule has 0 aliphatic heterocycles. The second kappa shape index (κ2) is 7.38. The van der Waals surface area contributed by atoms with Gasteiger partial charge in [-0.3, -0.25) is 0 Å². The van der Waals surface area contributed by atoms with Crippen molar-refractivity contribution in [1.29, 1.82) is 0 Å². The zero-order valence-corrected chi connectivity index (χ0v) is 16.0. The molecule has 0 amide bonds. The quantitative estimate of drug-likeness (QED) is 0.723. The number of nitrogens with zero attached hydrogens (tertiary/aromatic N) is 4. The van der Waals surface area contributed by atoms with Crippen LogP contribution in [0.4, 0.5) is 5.95 Å². The second-order valence-electron chi connectivity index (χ2n) is 5.86. The first-order valence-electron chi connectivity index (χ1n) is 7.77. The van der Waals surface area contributed by atoms with Crippen molar-refractivity contribution < 1.29 is 0 Å². The highest BCUT2D eigenvalue weighted by Crippen LogP contribution is 2.35. The van der Waals surface area contributed by atoms with Gasteiger partial charge in [0.2, 0.25) is 5.95 Å². The average molecular weight is 360 g/mol. The standard InChI is InChI=1S/C17H21N5S2/c1-11-12(2)24-16(20-11)15-14(13-5-8-23-10-13)9-19-17(21-15)18-6-7-22(3)4/h5,8-10H,6-7H2,1-4H3,(H,18,19,21). The van der Waals surface area contributed by atoms with Gasteiger partial charge in [-0.2, -0.15) is 11.3 Å². The van der Waals surface area contributed by atoms with Gasteiger partial charge >= 0.3 is 0 Å². The summed E-state index contributed by atoms with van der Waals surface area (Å²) in [6.07, 6.45) is 1.90. The predicted molar refractivity (Wildman–Crippen MR) is 103 cm³/mol. The van der Waals surface area contributed by atoms with Crippen LogP contribution in [-0.2, 0) is 0 Å². The molecule has 0 saturated carbocycles. The summed E-state index contributed by atoms with van der Waals surface area (Å²) >= 11 is 3.36. The summed E-state index contributed by atoms with van der Waals surface area (Å²) in [5, 5.41) is 8.43. The largest absolute Gasteiger partial charge is 0.353 e. The Labute approximate surface area is 150 Å². The fraction of sp³-hybridized carbons (Fsp3) is 0.353. The Hall–Kier alpha value is -1.83. The lowest BCUT2D eigenvalue weighted by Gasteiger charge is -2.12. The van der Waals surface area contributed by atoms with Crippen molar-refractivity contribution in [3.05, 3.63) is 33.6 Å². The molecule has 0 radical (unpaired) electrons. The van der Waals surface area contributed by atoms with E-state index in [1.54, 1.807) is 22.7 Å². The lowest BCUT2D eigenvalue weighted by Crippen LogP contribution is -2.21. The first-order chi connectivity index (χ1) is 11.5. The third-order valence-corrected chi connectivity index (χ3v) is 5.46. The number of hydrogen-bond acceptors (Lipinski definition) is 7. The molecule has 24 heavy (non-hydrogen) atoms. The number of rotatable bonds is 6. The Morgan fingerprint density at radius 2 is 2.04 bits per heavy atom. The first-order valence-corrected chi connectivity index (χ1v) is 9.53. The molecule has 7 heteroatoms. The van der Waals surface area contributed by atoms with Gasteiger partial charge in [-0.1, -0.05) is 0 Å². The molecule has 0 spiro atoms. The van der Waals surface area contributed by atoms with Crippen LogP contribution < -0.4 is 5.32 Å². The van der Waals surface area contributed by atoms with E-state index in [1.165, 1.54) is 4.88 Å². The van der Waals surface area contributed by atoms with Crippen molar-refractivity contribution in [2.24, 2.45) is 0 Å². The maximum atomic E-state index is 4.76. The summed E-state index contributed by atoms with van der Waals surface area (Å²) < 4.78 is 0. The molecule has 3 rings (SSSR count). The summed E-state index contributed by atoms with van der Waals surface area (Å²) in [5.74, 6) is 0.649. The highest BCUT2D eigenvalue weighted by Gasteiger charge is 2.16. The minimum absolute atomic E-state index is 0.649. The van der Waals surface area contributed by atoms with Crippen molar-refractivity contribution in [3.8, 4) is 21.8 Å². The molecule has 126 valence electrons. The molecule has 0 unspecified atom stereocenters. The van der Waals surface area contributed by atoms with E-state index < -0.39 is 0 Å².